The molecule has 0 unspecified atom stereocenters. The Morgan fingerprint density at radius 3 is 3.08 bits per heavy atom. The smallest absolute Gasteiger partial charge is 0.326 e. The van der Waals surface area contributed by atoms with Gasteiger partial charge in [0.1, 0.15) is 0 Å². The topological polar surface area (TPSA) is 44.6 Å². The third-order valence-corrected chi connectivity index (χ3v) is 1.94. The summed E-state index contributed by atoms with van der Waals surface area (Å²) in [6, 6.07) is 5.49. The summed E-state index contributed by atoms with van der Waals surface area (Å²) < 4.78 is 0. The minimum atomic E-state index is 0.741. The number of nitrogens with zero attached hydrogens (tertiary/aromatic N) is 1. The van der Waals surface area contributed by atoms with E-state index in [4.69, 9.17) is 5.02 Å². The maximum atomic E-state index is 8.79. The first-order valence-corrected chi connectivity index (χ1v) is 3.91. The van der Waals surface area contributed by atoms with E-state index in [9.17, 15) is 0 Å². The number of aliphatic imine (C=N–C) groups is 1. The van der Waals surface area contributed by atoms with Gasteiger partial charge in [0.25, 0.3) is 0 Å². The molecule has 1 aliphatic heterocycles. The SMILES string of the molecule is C=C1NC=Nc2cc([B]O)ccc21. The van der Waals surface area contributed by atoms with Crippen molar-refractivity contribution < 1.29 is 5.02 Å². The molecule has 0 aromatic heterocycles. The number of rotatable bonds is 1. The highest BCUT2D eigenvalue weighted by atomic mass is 16.2. The molecule has 0 aliphatic carbocycles. The minimum absolute atomic E-state index is 0.741. The van der Waals surface area contributed by atoms with Gasteiger partial charge in [0.15, 0.2) is 0 Å². The highest BCUT2D eigenvalue weighted by Gasteiger charge is 2.09. The van der Waals surface area contributed by atoms with Gasteiger partial charge in [-0.15, -0.1) is 0 Å². The van der Waals surface area contributed by atoms with Gasteiger partial charge < -0.3 is 10.3 Å². The first-order valence-electron chi connectivity index (χ1n) is 3.91. The molecule has 0 amide bonds. The molecule has 0 fully saturated rings. The van der Waals surface area contributed by atoms with Crippen LogP contribution in [0.3, 0.4) is 0 Å². The van der Waals surface area contributed by atoms with Crippen LogP contribution >= 0.6 is 0 Å². The molecule has 1 heterocycles. The normalized spacial score (nSPS) is 13.5. The third kappa shape index (κ3) is 1.36. The lowest BCUT2D eigenvalue weighted by atomic mass is 9.87. The standard InChI is InChI=1S/C9H8BN2O/c1-6-8-3-2-7(10-13)4-9(8)12-5-11-6/h2-5,13H,1H2,(H,11,12). The molecule has 2 N–H and O–H groups in total. The molecular weight excluding hydrogens is 163 g/mol. The zero-order chi connectivity index (χ0) is 9.26. The second-order valence-electron chi connectivity index (χ2n) is 2.79. The monoisotopic (exact) mass is 171 g/mol. The molecule has 0 saturated carbocycles. The molecule has 1 aromatic rings. The van der Waals surface area contributed by atoms with Gasteiger partial charge in [0.05, 0.1) is 12.0 Å². The molecule has 2 rings (SSSR count). The van der Waals surface area contributed by atoms with Crippen LogP contribution in [0.4, 0.5) is 5.69 Å². The van der Waals surface area contributed by atoms with Crippen molar-refractivity contribution in [1.82, 2.24) is 5.32 Å². The molecule has 4 heteroatoms. The maximum absolute atomic E-state index is 8.79. The Hall–Kier alpha value is -1.55. The summed E-state index contributed by atoms with van der Waals surface area (Å²) in [6.45, 7) is 3.84. The van der Waals surface area contributed by atoms with Gasteiger partial charge in [-0.3, -0.25) is 0 Å². The Balaban J connectivity index is 2.53. The Morgan fingerprint density at radius 2 is 2.31 bits per heavy atom. The van der Waals surface area contributed by atoms with Crippen molar-refractivity contribution in [2.45, 2.75) is 0 Å². The van der Waals surface area contributed by atoms with Crippen LogP contribution in [0.2, 0.25) is 0 Å². The Kier molecular flexibility index (Phi) is 1.90. The molecule has 0 saturated heterocycles. The van der Waals surface area contributed by atoms with E-state index < -0.39 is 0 Å². The number of fused-ring (bicyclic) bond motifs is 1. The van der Waals surface area contributed by atoms with Crippen molar-refractivity contribution in [2.75, 3.05) is 0 Å². The van der Waals surface area contributed by atoms with E-state index in [-0.39, 0.29) is 0 Å². The molecule has 0 bridgehead atoms. The first kappa shape index (κ1) is 8.07. The molecule has 0 spiro atoms. The molecule has 1 aromatic carbocycles. The van der Waals surface area contributed by atoms with Gasteiger partial charge >= 0.3 is 7.48 Å². The maximum Gasteiger partial charge on any atom is 0.326 e. The van der Waals surface area contributed by atoms with E-state index in [1.165, 1.54) is 0 Å². The molecule has 1 radical (unpaired) electrons. The molecule has 63 valence electrons. The summed E-state index contributed by atoms with van der Waals surface area (Å²) in [4.78, 5) is 4.12. The number of benzene rings is 1. The van der Waals surface area contributed by atoms with E-state index >= 15 is 0 Å². The highest BCUT2D eigenvalue weighted by Crippen LogP contribution is 2.24. The Labute approximate surface area is 77.1 Å². The van der Waals surface area contributed by atoms with E-state index in [0.717, 1.165) is 29.9 Å². The van der Waals surface area contributed by atoms with Crippen LogP contribution in [0, 0.1) is 0 Å². The third-order valence-electron chi connectivity index (χ3n) is 1.94. The lowest BCUT2D eigenvalue weighted by molar-refractivity contribution is 0.615. The molecule has 1 aliphatic rings. The van der Waals surface area contributed by atoms with Crippen LogP contribution < -0.4 is 10.8 Å². The second kappa shape index (κ2) is 3.07. The second-order valence-corrected chi connectivity index (χ2v) is 2.79. The van der Waals surface area contributed by atoms with Gasteiger partial charge in [-0.05, 0) is 6.07 Å². The van der Waals surface area contributed by atoms with Crippen molar-refractivity contribution >= 4 is 30.7 Å². The number of nitrogens with one attached hydrogen (secondary N) is 1. The first-order chi connectivity index (χ1) is 6.31. The van der Waals surface area contributed by atoms with Crippen LogP contribution in [0.5, 0.6) is 0 Å². The zero-order valence-corrected chi connectivity index (χ0v) is 6.99. The summed E-state index contributed by atoms with van der Waals surface area (Å²) in [5.41, 5.74) is 3.36. The van der Waals surface area contributed by atoms with Crippen molar-refractivity contribution in [3.05, 3.63) is 30.3 Å². The summed E-state index contributed by atoms with van der Waals surface area (Å²) in [5, 5.41) is 11.7. The molecule has 3 nitrogen and oxygen atoms in total. The van der Waals surface area contributed by atoms with E-state index in [1.54, 1.807) is 12.4 Å². The van der Waals surface area contributed by atoms with Crippen LogP contribution in [-0.4, -0.2) is 18.8 Å². The zero-order valence-electron chi connectivity index (χ0n) is 6.99. The fraction of sp³-hybridized carbons (Fsp3) is 0. The number of hydrogen-bond donors (Lipinski definition) is 2. The van der Waals surface area contributed by atoms with Gasteiger partial charge in [0, 0.05) is 11.3 Å². The average molecular weight is 171 g/mol. The van der Waals surface area contributed by atoms with Crippen molar-refractivity contribution in [3.8, 4) is 0 Å². The Bertz CT molecular complexity index is 387. The van der Waals surface area contributed by atoms with Gasteiger partial charge in [-0.2, -0.15) is 0 Å². The van der Waals surface area contributed by atoms with Crippen LogP contribution in [0.25, 0.3) is 5.70 Å². The summed E-state index contributed by atoms with van der Waals surface area (Å²) >= 11 is 0. The lowest BCUT2D eigenvalue weighted by Crippen LogP contribution is -2.17. The van der Waals surface area contributed by atoms with Crippen molar-refractivity contribution in [1.29, 1.82) is 0 Å². The van der Waals surface area contributed by atoms with Crippen molar-refractivity contribution in [3.63, 3.8) is 0 Å². The largest absolute Gasteiger partial charge is 0.450 e. The fourth-order valence-corrected chi connectivity index (χ4v) is 1.25. The highest BCUT2D eigenvalue weighted by molar-refractivity contribution is 6.45. The van der Waals surface area contributed by atoms with Crippen LogP contribution in [0.1, 0.15) is 5.56 Å². The molecule has 0 atom stereocenters. The number of hydrogen-bond acceptors (Lipinski definition) is 3. The minimum Gasteiger partial charge on any atom is -0.450 e. The summed E-state index contributed by atoms with van der Waals surface area (Å²) in [6.07, 6.45) is 1.59. The van der Waals surface area contributed by atoms with E-state index in [2.05, 4.69) is 16.9 Å². The van der Waals surface area contributed by atoms with Crippen molar-refractivity contribution in [2.24, 2.45) is 4.99 Å². The van der Waals surface area contributed by atoms with Gasteiger partial charge in [0.2, 0.25) is 0 Å². The van der Waals surface area contributed by atoms with Crippen LogP contribution in [0.15, 0.2) is 29.8 Å². The summed E-state index contributed by atoms with van der Waals surface area (Å²) in [5.74, 6) is 0. The van der Waals surface area contributed by atoms with Crippen LogP contribution in [-0.2, 0) is 0 Å². The molecular formula is C9H8BN2O. The predicted molar refractivity (Wildman–Crippen MR) is 54.4 cm³/mol. The van der Waals surface area contributed by atoms with E-state index in [1.807, 2.05) is 12.1 Å². The summed E-state index contributed by atoms with van der Waals surface area (Å²) in [7, 11) is 1.06. The predicted octanol–water partition coefficient (Wildman–Crippen LogP) is 0.157. The average Bonchev–Trinajstić information content (AvgIpc) is 2.18. The Morgan fingerprint density at radius 1 is 1.46 bits per heavy atom. The van der Waals surface area contributed by atoms with Gasteiger partial charge in [-0.25, -0.2) is 4.99 Å². The van der Waals surface area contributed by atoms with E-state index in [0.29, 0.717) is 0 Å². The lowest BCUT2D eigenvalue weighted by Gasteiger charge is -2.13. The fourth-order valence-electron chi connectivity index (χ4n) is 1.25. The molecule has 13 heavy (non-hydrogen) atoms. The quantitative estimate of drug-likeness (QED) is 0.591. The van der Waals surface area contributed by atoms with Gasteiger partial charge in [-0.1, -0.05) is 24.2 Å².